The number of hydrogen-bond acceptors (Lipinski definition) is 3. The molecule has 0 radical (unpaired) electrons. The van der Waals surface area contributed by atoms with E-state index in [1.807, 2.05) is 19.1 Å². The van der Waals surface area contributed by atoms with E-state index in [2.05, 4.69) is 47.1 Å². The summed E-state index contributed by atoms with van der Waals surface area (Å²) in [6.45, 7) is 6.43. The first-order chi connectivity index (χ1) is 15.5. The highest BCUT2D eigenvalue weighted by Crippen LogP contribution is 2.38. The third-order valence-electron chi connectivity index (χ3n) is 7.36. The topological polar surface area (TPSA) is 70.4 Å². The predicted molar refractivity (Wildman–Crippen MR) is 128 cm³/mol. The molecule has 0 bridgehead atoms. The minimum Gasteiger partial charge on any atom is -0.465 e. The number of aryl methyl sites for hydroxylation is 1. The molecule has 6 nitrogen and oxygen atoms in total. The Hall–Kier alpha value is -2.86. The molecule has 0 aliphatic carbocycles. The second kappa shape index (κ2) is 8.58. The van der Waals surface area contributed by atoms with Crippen LogP contribution in [0.1, 0.15) is 56.1 Å². The van der Waals surface area contributed by atoms with Gasteiger partial charge in [-0.05, 0) is 76.2 Å². The molecule has 1 aromatic heterocycles. The third kappa shape index (κ3) is 3.66. The number of carbonyl (C=O) groups is 1. The molecule has 6 heteroatoms. The normalized spacial score (nSPS) is 22.0. The van der Waals surface area contributed by atoms with Crippen molar-refractivity contribution in [3.05, 3.63) is 59.4 Å². The summed E-state index contributed by atoms with van der Waals surface area (Å²) in [5.41, 5.74) is 5.22. The zero-order valence-corrected chi connectivity index (χ0v) is 18.9. The third-order valence-corrected chi connectivity index (χ3v) is 7.36. The standard InChI is InChI=1S/C26H32N4O2/c1-17-10-11-21-22(29(17)26(31)32)12-13-23-25(21)28-24(15-19-7-4-3-5-8-19)30(23)18(2)20-9-6-14-27-16-20/h3-5,7-8,12-13,17-18,20,27H,6,9-11,14-16H2,1-2H3,(H,31,32)/t17-,18?,20-/m0/s1. The van der Waals surface area contributed by atoms with Gasteiger partial charge >= 0.3 is 6.09 Å². The first-order valence-corrected chi connectivity index (χ1v) is 11.8. The first-order valence-electron chi connectivity index (χ1n) is 11.8. The van der Waals surface area contributed by atoms with Crippen molar-refractivity contribution < 1.29 is 9.90 Å². The lowest BCUT2D eigenvalue weighted by Gasteiger charge is -2.33. The molecular weight excluding hydrogens is 400 g/mol. The molecule has 1 fully saturated rings. The Labute approximate surface area is 189 Å². The maximum Gasteiger partial charge on any atom is 0.412 e. The zero-order chi connectivity index (χ0) is 22.2. The van der Waals surface area contributed by atoms with Crippen molar-refractivity contribution in [2.75, 3.05) is 18.0 Å². The van der Waals surface area contributed by atoms with Crippen LogP contribution >= 0.6 is 0 Å². The van der Waals surface area contributed by atoms with E-state index in [9.17, 15) is 9.90 Å². The monoisotopic (exact) mass is 432 g/mol. The summed E-state index contributed by atoms with van der Waals surface area (Å²) in [5, 5.41) is 13.4. The van der Waals surface area contributed by atoms with E-state index in [1.54, 1.807) is 0 Å². The number of anilines is 1. The SMILES string of the molecule is CC([C@H]1CCCNC1)n1c(Cc2ccccc2)nc2c3c(ccc21)N(C(=O)O)[C@@H](C)CC3. The summed E-state index contributed by atoms with van der Waals surface area (Å²) in [6.07, 6.45) is 3.99. The highest BCUT2D eigenvalue weighted by Gasteiger charge is 2.32. The highest BCUT2D eigenvalue weighted by molar-refractivity contribution is 5.94. The van der Waals surface area contributed by atoms with E-state index in [4.69, 9.17) is 4.98 Å². The molecule has 5 rings (SSSR count). The largest absolute Gasteiger partial charge is 0.465 e. The van der Waals surface area contributed by atoms with Crippen molar-refractivity contribution in [2.24, 2.45) is 5.92 Å². The molecule has 0 spiro atoms. The van der Waals surface area contributed by atoms with Gasteiger partial charge in [-0.3, -0.25) is 4.90 Å². The van der Waals surface area contributed by atoms with Gasteiger partial charge in [-0.25, -0.2) is 9.78 Å². The Bertz CT molecular complexity index is 1120. The molecule has 3 heterocycles. The lowest BCUT2D eigenvalue weighted by atomic mass is 9.92. The van der Waals surface area contributed by atoms with E-state index in [0.29, 0.717) is 12.0 Å². The number of rotatable bonds is 4. The van der Waals surface area contributed by atoms with Crippen molar-refractivity contribution in [3.63, 3.8) is 0 Å². The van der Waals surface area contributed by atoms with Gasteiger partial charge in [-0.1, -0.05) is 30.3 Å². The number of amides is 1. The van der Waals surface area contributed by atoms with Crippen LogP contribution in [0.5, 0.6) is 0 Å². The molecule has 1 unspecified atom stereocenters. The van der Waals surface area contributed by atoms with Crippen molar-refractivity contribution in [1.82, 2.24) is 14.9 Å². The van der Waals surface area contributed by atoms with Crippen LogP contribution in [-0.2, 0) is 12.8 Å². The maximum absolute atomic E-state index is 12.0. The molecule has 2 N–H and O–H groups in total. The summed E-state index contributed by atoms with van der Waals surface area (Å²) in [5.74, 6) is 1.63. The van der Waals surface area contributed by atoms with E-state index in [1.165, 1.54) is 23.3 Å². The van der Waals surface area contributed by atoms with Crippen LogP contribution in [0, 0.1) is 5.92 Å². The molecule has 3 atom stereocenters. The van der Waals surface area contributed by atoms with Gasteiger partial charge in [-0.15, -0.1) is 0 Å². The van der Waals surface area contributed by atoms with Gasteiger partial charge in [0.25, 0.3) is 0 Å². The van der Waals surface area contributed by atoms with Gasteiger partial charge in [0, 0.05) is 24.1 Å². The molecule has 32 heavy (non-hydrogen) atoms. The summed E-state index contributed by atoms with van der Waals surface area (Å²) in [6, 6.07) is 14.9. The Balaban J connectivity index is 1.65. The molecule has 168 valence electrons. The highest BCUT2D eigenvalue weighted by atomic mass is 16.4. The number of hydrogen-bond donors (Lipinski definition) is 2. The van der Waals surface area contributed by atoms with Crippen LogP contribution < -0.4 is 10.2 Å². The lowest BCUT2D eigenvalue weighted by Crippen LogP contribution is -2.41. The van der Waals surface area contributed by atoms with Crippen LogP contribution in [0.3, 0.4) is 0 Å². The Morgan fingerprint density at radius 3 is 2.75 bits per heavy atom. The van der Waals surface area contributed by atoms with Crippen molar-refractivity contribution in [3.8, 4) is 0 Å². The molecule has 1 saturated heterocycles. The average Bonchev–Trinajstić information content (AvgIpc) is 3.17. The van der Waals surface area contributed by atoms with Crippen LogP contribution in [0.25, 0.3) is 11.0 Å². The van der Waals surface area contributed by atoms with Crippen LogP contribution in [-0.4, -0.2) is 39.9 Å². The fraction of sp³-hybridized carbons (Fsp3) is 0.462. The summed E-state index contributed by atoms with van der Waals surface area (Å²) < 4.78 is 2.43. The van der Waals surface area contributed by atoms with E-state index in [0.717, 1.165) is 60.5 Å². The van der Waals surface area contributed by atoms with Gasteiger partial charge in [0.2, 0.25) is 0 Å². The summed E-state index contributed by atoms with van der Waals surface area (Å²) >= 11 is 0. The molecule has 0 saturated carbocycles. The number of benzene rings is 2. The number of fused-ring (bicyclic) bond motifs is 3. The number of nitrogens with one attached hydrogen (secondary N) is 1. The summed E-state index contributed by atoms with van der Waals surface area (Å²) in [7, 11) is 0. The van der Waals surface area contributed by atoms with Crippen molar-refractivity contribution >= 4 is 22.8 Å². The minimum atomic E-state index is -0.886. The average molecular weight is 433 g/mol. The smallest absolute Gasteiger partial charge is 0.412 e. The van der Waals surface area contributed by atoms with Gasteiger partial charge < -0.3 is 15.0 Å². The van der Waals surface area contributed by atoms with Crippen LogP contribution in [0.2, 0.25) is 0 Å². The van der Waals surface area contributed by atoms with Gasteiger partial charge in [-0.2, -0.15) is 0 Å². The second-order valence-electron chi connectivity index (χ2n) is 9.38. The zero-order valence-electron chi connectivity index (χ0n) is 18.9. The second-order valence-corrected chi connectivity index (χ2v) is 9.38. The van der Waals surface area contributed by atoms with Gasteiger partial charge in [0.05, 0.1) is 16.7 Å². The number of aromatic nitrogens is 2. The quantitative estimate of drug-likeness (QED) is 0.608. The van der Waals surface area contributed by atoms with E-state index < -0.39 is 6.09 Å². The number of carboxylic acid groups (broad SMARTS) is 1. The number of piperidine rings is 1. The van der Waals surface area contributed by atoms with E-state index >= 15 is 0 Å². The fourth-order valence-corrected chi connectivity index (χ4v) is 5.60. The van der Waals surface area contributed by atoms with Gasteiger partial charge in [0.15, 0.2) is 0 Å². The van der Waals surface area contributed by atoms with Crippen molar-refractivity contribution in [1.29, 1.82) is 0 Å². The maximum atomic E-state index is 12.0. The Kier molecular flexibility index (Phi) is 5.64. The molecule has 1 amide bonds. The van der Waals surface area contributed by atoms with E-state index in [-0.39, 0.29) is 6.04 Å². The Morgan fingerprint density at radius 2 is 2.03 bits per heavy atom. The molecule has 2 aromatic carbocycles. The minimum absolute atomic E-state index is 0.0180. The lowest BCUT2D eigenvalue weighted by molar-refractivity contribution is 0.198. The predicted octanol–water partition coefficient (Wildman–Crippen LogP) is 5.01. The van der Waals surface area contributed by atoms with Crippen LogP contribution in [0.15, 0.2) is 42.5 Å². The number of imidazole rings is 1. The molecule has 2 aliphatic rings. The summed E-state index contributed by atoms with van der Waals surface area (Å²) in [4.78, 5) is 18.7. The molecule has 2 aliphatic heterocycles. The Morgan fingerprint density at radius 1 is 1.22 bits per heavy atom. The number of nitrogens with zero attached hydrogens (tertiary/aromatic N) is 3. The fourth-order valence-electron chi connectivity index (χ4n) is 5.60. The molecule has 3 aromatic rings. The van der Waals surface area contributed by atoms with Crippen molar-refractivity contribution in [2.45, 2.75) is 58.0 Å². The molecular formula is C26H32N4O2. The first kappa shape index (κ1) is 21.0. The van der Waals surface area contributed by atoms with Gasteiger partial charge in [0.1, 0.15) is 5.82 Å². The van der Waals surface area contributed by atoms with Crippen LogP contribution in [0.4, 0.5) is 10.5 Å².